The predicted octanol–water partition coefficient (Wildman–Crippen LogP) is 6.73. The van der Waals surface area contributed by atoms with E-state index in [0.29, 0.717) is 27.4 Å². The average molecular weight is 446 g/mol. The lowest BCUT2D eigenvalue weighted by molar-refractivity contribution is 0.102. The Hall–Kier alpha value is -1.82. The molecular formula is C22H21Cl2N3OS. The standard InChI is InChI=1S/C22H21Cl2N3OS/c23-16-11-12-18(19(24)13-16)21-25-26-22(27(21)17-9-5-2-6-10-17)29-14-20(28)15-7-3-1-4-8-15/h1,3-4,7-8,11-13,17H,2,5-6,9-10,14H2. The van der Waals surface area contributed by atoms with Gasteiger partial charge in [0.1, 0.15) is 0 Å². The largest absolute Gasteiger partial charge is 0.299 e. The fourth-order valence-corrected chi connectivity index (χ4v) is 5.13. The van der Waals surface area contributed by atoms with Gasteiger partial charge in [0.05, 0.1) is 10.8 Å². The number of benzene rings is 2. The number of aromatic nitrogens is 3. The van der Waals surface area contributed by atoms with E-state index in [1.165, 1.54) is 31.0 Å². The molecule has 0 atom stereocenters. The van der Waals surface area contributed by atoms with Gasteiger partial charge in [-0.3, -0.25) is 9.36 Å². The predicted molar refractivity (Wildman–Crippen MR) is 119 cm³/mol. The van der Waals surface area contributed by atoms with E-state index in [2.05, 4.69) is 14.8 Å². The Morgan fingerprint density at radius 1 is 1.03 bits per heavy atom. The zero-order chi connectivity index (χ0) is 20.2. The first-order chi connectivity index (χ1) is 14.1. The van der Waals surface area contributed by atoms with Crippen molar-refractivity contribution in [2.24, 2.45) is 0 Å². The number of rotatable bonds is 6. The van der Waals surface area contributed by atoms with Crippen molar-refractivity contribution < 1.29 is 4.79 Å². The average Bonchev–Trinajstić information content (AvgIpc) is 3.17. The third-order valence-electron chi connectivity index (χ3n) is 5.20. The smallest absolute Gasteiger partial charge is 0.192 e. The van der Waals surface area contributed by atoms with Crippen molar-refractivity contribution in [3.8, 4) is 11.4 Å². The first-order valence-electron chi connectivity index (χ1n) is 9.75. The Morgan fingerprint density at radius 3 is 2.52 bits per heavy atom. The Balaban J connectivity index is 1.64. The molecule has 150 valence electrons. The molecule has 0 N–H and O–H groups in total. The second-order valence-electron chi connectivity index (χ2n) is 7.17. The second-order valence-corrected chi connectivity index (χ2v) is 8.96. The van der Waals surface area contributed by atoms with Crippen molar-refractivity contribution in [1.29, 1.82) is 0 Å². The molecule has 0 unspecified atom stereocenters. The minimum Gasteiger partial charge on any atom is -0.299 e. The maximum absolute atomic E-state index is 12.6. The van der Waals surface area contributed by atoms with E-state index >= 15 is 0 Å². The fourth-order valence-electron chi connectivity index (χ4n) is 3.74. The van der Waals surface area contributed by atoms with Crippen molar-refractivity contribution in [1.82, 2.24) is 14.8 Å². The van der Waals surface area contributed by atoms with E-state index in [1.54, 1.807) is 6.07 Å². The highest BCUT2D eigenvalue weighted by Gasteiger charge is 2.25. The van der Waals surface area contributed by atoms with Gasteiger partial charge in [0.15, 0.2) is 16.8 Å². The second kappa shape index (κ2) is 9.33. The van der Waals surface area contributed by atoms with Crippen molar-refractivity contribution in [3.63, 3.8) is 0 Å². The highest BCUT2D eigenvalue weighted by molar-refractivity contribution is 7.99. The van der Waals surface area contributed by atoms with Gasteiger partial charge < -0.3 is 0 Å². The third kappa shape index (κ3) is 4.68. The quantitative estimate of drug-likeness (QED) is 0.311. The Bertz CT molecular complexity index is 1000. The maximum atomic E-state index is 12.6. The van der Waals surface area contributed by atoms with Gasteiger partial charge in [0.2, 0.25) is 0 Å². The minimum absolute atomic E-state index is 0.0832. The number of ketones is 1. The van der Waals surface area contributed by atoms with E-state index in [1.807, 2.05) is 42.5 Å². The van der Waals surface area contributed by atoms with Crippen molar-refractivity contribution in [2.45, 2.75) is 43.3 Å². The molecule has 2 aromatic carbocycles. The van der Waals surface area contributed by atoms with Crippen LogP contribution in [0.25, 0.3) is 11.4 Å². The summed E-state index contributed by atoms with van der Waals surface area (Å²) in [7, 11) is 0. The Kier molecular flexibility index (Phi) is 6.58. The van der Waals surface area contributed by atoms with E-state index in [4.69, 9.17) is 23.2 Å². The summed E-state index contributed by atoms with van der Waals surface area (Å²) in [6, 6.07) is 15.1. The van der Waals surface area contributed by atoms with Crippen LogP contribution >= 0.6 is 35.0 Å². The number of carbonyl (C=O) groups excluding carboxylic acids is 1. The molecule has 0 radical (unpaired) electrons. The van der Waals surface area contributed by atoms with Gasteiger partial charge in [-0.05, 0) is 31.0 Å². The van der Waals surface area contributed by atoms with Gasteiger partial charge in [0.25, 0.3) is 0 Å². The van der Waals surface area contributed by atoms with E-state index in [-0.39, 0.29) is 5.78 Å². The SMILES string of the molecule is O=C(CSc1nnc(-c2ccc(Cl)cc2Cl)n1C1CCCCC1)c1ccccc1. The summed E-state index contributed by atoms with van der Waals surface area (Å²) >= 11 is 14.0. The summed E-state index contributed by atoms with van der Waals surface area (Å²) in [5.41, 5.74) is 1.53. The van der Waals surface area contributed by atoms with Crippen LogP contribution in [0.2, 0.25) is 10.0 Å². The third-order valence-corrected chi connectivity index (χ3v) is 6.70. The van der Waals surface area contributed by atoms with Gasteiger partial charge in [-0.2, -0.15) is 0 Å². The molecular weight excluding hydrogens is 425 g/mol. The lowest BCUT2D eigenvalue weighted by Crippen LogP contribution is -2.15. The lowest BCUT2D eigenvalue weighted by Gasteiger charge is -2.25. The number of nitrogens with zero attached hydrogens (tertiary/aromatic N) is 3. The van der Waals surface area contributed by atoms with E-state index < -0.39 is 0 Å². The summed E-state index contributed by atoms with van der Waals surface area (Å²) in [4.78, 5) is 12.6. The molecule has 1 aliphatic carbocycles. The highest BCUT2D eigenvalue weighted by atomic mass is 35.5. The zero-order valence-corrected chi connectivity index (χ0v) is 18.2. The summed E-state index contributed by atoms with van der Waals surface area (Å²) in [6.07, 6.45) is 5.78. The van der Waals surface area contributed by atoms with Crippen LogP contribution < -0.4 is 0 Å². The van der Waals surface area contributed by atoms with Crippen LogP contribution in [-0.4, -0.2) is 26.3 Å². The Morgan fingerprint density at radius 2 is 1.79 bits per heavy atom. The van der Waals surface area contributed by atoms with Gasteiger partial charge in [-0.25, -0.2) is 0 Å². The summed E-state index contributed by atoms with van der Waals surface area (Å²) in [5.74, 6) is 1.15. The van der Waals surface area contributed by atoms with Gasteiger partial charge in [-0.1, -0.05) is 84.6 Å². The summed E-state index contributed by atoms with van der Waals surface area (Å²) < 4.78 is 2.18. The van der Waals surface area contributed by atoms with E-state index in [0.717, 1.165) is 29.4 Å². The molecule has 1 saturated carbocycles. The molecule has 3 aromatic rings. The molecule has 4 nitrogen and oxygen atoms in total. The number of carbonyl (C=O) groups is 1. The number of halogens is 2. The number of Topliss-reactive ketones (excluding diaryl/α,β-unsaturated/α-hetero) is 1. The molecule has 0 saturated heterocycles. The molecule has 4 rings (SSSR count). The summed E-state index contributed by atoms with van der Waals surface area (Å²) in [5, 5.41) is 10.8. The monoisotopic (exact) mass is 445 g/mol. The fraction of sp³-hybridized carbons (Fsp3) is 0.318. The first-order valence-corrected chi connectivity index (χ1v) is 11.5. The molecule has 1 heterocycles. The molecule has 1 aliphatic rings. The van der Waals surface area contributed by atoms with Crippen LogP contribution in [0.1, 0.15) is 48.5 Å². The molecule has 1 fully saturated rings. The zero-order valence-electron chi connectivity index (χ0n) is 15.9. The van der Waals surface area contributed by atoms with Gasteiger partial charge in [-0.15, -0.1) is 10.2 Å². The highest BCUT2D eigenvalue weighted by Crippen LogP contribution is 2.38. The minimum atomic E-state index is 0.0832. The van der Waals surface area contributed by atoms with Crippen LogP contribution in [0.15, 0.2) is 53.7 Å². The van der Waals surface area contributed by atoms with Crippen LogP contribution in [0.3, 0.4) is 0 Å². The molecule has 0 bridgehead atoms. The van der Waals surface area contributed by atoms with Crippen molar-refractivity contribution in [2.75, 3.05) is 5.75 Å². The Labute approximate surface area is 184 Å². The molecule has 0 spiro atoms. The van der Waals surface area contributed by atoms with Crippen molar-refractivity contribution >= 4 is 40.7 Å². The van der Waals surface area contributed by atoms with Gasteiger partial charge in [0, 0.05) is 22.2 Å². The van der Waals surface area contributed by atoms with Crippen LogP contribution in [-0.2, 0) is 0 Å². The molecule has 29 heavy (non-hydrogen) atoms. The van der Waals surface area contributed by atoms with Crippen LogP contribution in [0, 0.1) is 0 Å². The first kappa shape index (κ1) is 20.5. The van der Waals surface area contributed by atoms with E-state index in [9.17, 15) is 4.79 Å². The topological polar surface area (TPSA) is 47.8 Å². The molecule has 1 aromatic heterocycles. The molecule has 0 amide bonds. The van der Waals surface area contributed by atoms with Crippen LogP contribution in [0.5, 0.6) is 0 Å². The molecule has 7 heteroatoms. The lowest BCUT2D eigenvalue weighted by atomic mass is 9.95. The van der Waals surface area contributed by atoms with Crippen molar-refractivity contribution in [3.05, 3.63) is 64.1 Å². The normalized spacial score (nSPS) is 14.8. The number of hydrogen-bond acceptors (Lipinski definition) is 4. The maximum Gasteiger partial charge on any atom is 0.192 e. The summed E-state index contributed by atoms with van der Waals surface area (Å²) in [6.45, 7) is 0. The van der Waals surface area contributed by atoms with Gasteiger partial charge >= 0.3 is 0 Å². The number of hydrogen-bond donors (Lipinski definition) is 0. The molecule has 0 aliphatic heterocycles. The van der Waals surface area contributed by atoms with Crippen LogP contribution in [0.4, 0.5) is 0 Å². The number of thioether (sulfide) groups is 1.